The van der Waals surface area contributed by atoms with Crippen molar-refractivity contribution in [2.75, 3.05) is 20.1 Å². The van der Waals surface area contributed by atoms with E-state index in [4.69, 9.17) is 34.8 Å². The number of aryl methyl sites for hydroxylation is 1. The molecule has 1 aliphatic rings. The van der Waals surface area contributed by atoms with Crippen LogP contribution in [0.15, 0.2) is 23.2 Å². The molecule has 164 valence electrons. The third kappa shape index (κ3) is 4.78. The molecule has 2 aromatic rings. The Balaban J connectivity index is 1.90. The molecular formula is C19H23Cl3N4O3S. The van der Waals surface area contributed by atoms with E-state index >= 15 is 0 Å². The van der Waals surface area contributed by atoms with Crippen molar-refractivity contribution < 1.29 is 13.2 Å². The van der Waals surface area contributed by atoms with Gasteiger partial charge in [0.25, 0.3) is 5.91 Å². The summed E-state index contributed by atoms with van der Waals surface area (Å²) in [5.74, 6) is -0.450. The molecule has 1 saturated heterocycles. The summed E-state index contributed by atoms with van der Waals surface area (Å²) in [4.78, 5) is 14.3. The molecule has 0 unspecified atom stereocenters. The zero-order valence-electron chi connectivity index (χ0n) is 16.7. The third-order valence-corrected chi connectivity index (χ3v) is 8.02. The van der Waals surface area contributed by atoms with E-state index in [1.807, 2.05) is 6.92 Å². The number of hydrogen-bond donors (Lipinski definition) is 0. The smallest absolute Gasteiger partial charge is 0.255 e. The van der Waals surface area contributed by atoms with Crippen molar-refractivity contribution in [1.82, 2.24) is 19.0 Å². The molecule has 0 radical (unpaired) electrons. The first-order valence-corrected chi connectivity index (χ1v) is 12.2. The van der Waals surface area contributed by atoms with E-state index < -0.39 is 15.9 Å². The van der Waals surface area contributed by atoms with Crippen LogP contribution in [-0.2, 0) is 23.1 Å². The Hall–Kier alpha value is -1.32. The molecule has 0 bridgehead atoms. The number of aromatic nitrogens is 2. The van der Waals surface area contributed by atoms with E-state index in [0.717, 1.165) is 19.3 Å². The first-order chi connectivity index (χ1) is 14.1. The third-order valence-electron chi connectivity index (χ3n) is 5.03. The Bertz CT molecular complexity index is 1050. The van der Waals surface area contributed by atoms with E-state index in [1.54, 1.807) is 17.9 Å². The van der Waals surface area contributed by atoms with Gasteiger partial charge in [0.2, 0.25) is 10.0 Å². The molecule has 3 rings (SSSR count). The van der Waals surface area contributed by atoms with Crippen LogP contribution in [0, 0.1) is 0 Å². The van der Waals surface area contributed by atoms with E-state index in [1.165, 1.54) is 21.3 Å². The highest BCUT2D eigenvalue weighted by molar-refractivity contribution is 7.89. The first kappa shape index (κ1) is 23.3. The fraction of sp³-hybridized carbons (Fsp3) is 0.474. The van der Waals surface area contributed by atoms with Gasteiger partial charge >= 0.3 is 0 Å². The molecule has 2 heterocycles. The van der Waals surface area contributed by atoms with Gasteiger partial charge in [0, 0.05) is 32.9 Å². The second-order valence-electron chi connectivity index (χ2n) is 7.17. The summed E-state index contributed by atoms with van der Waals surface area (Å²) in [7, 11) is -2.24. The van der Waals surface area contributed by atoms with Gasteiger partial charge in [0.05, 0.1) is 27.2 Å². The highest BCUT2D eigenvalue weighted by atomic mass is 35.5. The van der Waals surface area contributed by atoms with Gasteiger partial charge in [0.15, 0.2) is 0 Å². The lowest BCUT2D eigenvalue weighted by Crippen LogP contribution is -2.36. The molecule has 0 atom stereocenters. The molecule has 11 heteroatoms. The SMILES string of the molecule is CCn1cc(Cl)c(CN(C)C(=O)c2cc(S(=O)(=O)N3CCCCC3)c(Cl)cc2Cl)n1. The predicted molar refractivity (Wildman–Crippen MR) is 118 cm³/mol. The quantitative estimate of drug-likeness (QED) is 0.601. The van der Waals surface area contributed by atoms with Crippen LogP contribution in [-0.4, -0.2) is 53.4 Å². The zero-order valence-corrected chi connectivity index (χ0v) is 19.8. The number of nitrogens with zero attached hydrogens (tertiary/aromatic N) is 4. The molecule has 0 aliphatic carbocycles. The van der Waals surface area contributed by atoms with Crippen molar-refractivity contribution >= 4 is 50.7 Å². The summed E-state index contributed by atoms with van der Waals surface area (Å²) >= 11 is 18.7. The maximum absolute atomic E-state index is 13.1. The lowest BCUT2D eigenvalue weighted by molar-refractivity contribution is 0.0783. The van der Waals surface area contributed by atoms with Gasteiger partial charge in [-0.05, 0) is 31.9 Å². The molecule has 1 aliphatic heterocycles. The van der Waals surface area contributed by atoms with Gasteiger partial charge in [0.1, 0.15) is 10.6 Å². The Kier molecular flexibility index (Phi) is 7.35. The van der Waals surface area contributed by atoms with Crippen LogP contribution in [0.5, 0.6) is 0 Å². The Morgan fingerprint density at radius 3 is 2.37 bits per heavy atom. The van der Waals surface area contributed by atoms with Crippen molar-refractivity contribution in [2.45, 2.75) is 44.2 Å². The molecule has 1 fully saturated rings. The molecule has 1 amide bonds. The van der Waals surface area contributed by atoms with Crippen LogP contribution in [0.4, 0.5) is 0 Å². The van der Waals surface area contributed by atoms with Crippen LogP contribution in [0.2, 0.25) is 15.1 Å². The number of amides is 1. The Labute approximate surface area is 191 Å². The van der Waals surface area contributed by atoms with Gasteiger partial charge in [-0.25, -0.2) is 8.42 Å². The van der Waals surface area contributed by atoms with Crippen molar-refractivity contribution in [2.24, 2.45) is 0 Å². The fourth-order valence-corrected chi connectivity index (χ4v) is 5.90. The number of benzene rings is 1. The average molecular weight is 494 g/mol. The second-order valence-corrected chi connectivity index (χ2v) is 10.3. The molecule has 1 aromatic heterocycles. The van der Waals surface area contributed by atoms with Crippen LogP contribution in [0.3, 0.4) is 0 Å². The van der Waals surface area contributed by atoms with Gasteiger partial charge in [-0.2, -0.15) is 9.40 Å². The highest BCUT2D eigenvalue weighted by Gasteiger charge is 2.30. The first-order valence-electron chi connectivity index (χ1n) is 9.61. The lowest BCUT2D eigenvalue weighted by atomic mass is 10.2. The van der Waals surface area contributed by atoms with E-state index in [0.29, 0.717) is 30.4 Å². The van der Waals surface area contributed by atoms with Crippen LogP contribution < -0.4 is 0 Å². The molecule has 1 aromatic carbocycles. The number of hydrogen-bond acceptors (Lipinski definition) is 4. The monoisotopic (exact) mass is 492 g/mol. The number of carbonyl (C=O) groups is 1. The summed E-state index contributed by atoms with van der Waals surface area (Å²) in [6, 6.07) is 2.57. The number of sulfonamides is 1. The highest BCUT2D eigenvalue weighted by Crippen LogP contribution is 2.32. The predicted octanol–water partition coefficient (Wildman–Crippen LogP) is 4.31. The van der Waals surface area contributed by atoms with Gasteiger partial charge < -0.3 is 4.90 Å². The second kappa shape index (κ2) is 9.44. The molecule has 7 nitrogen and oxygen atoms in total. The van der Waals surface area contributed by atoms with E-state index in [-0.39, 0.29) is 27.0 Å². The van der Waals surface area contributed by atoms with Gasteiger partial charge in [-0.1, -0.05) is 41.2 Å². The maximum atomic E-state index is 13.1. The average Bonchev–Trinajstić information content (AvgIpc) is 3.07. The van der Waals surface area contributed by atoms with E-state index in [2.05, 4.69) is 5.10 Å². The Morgan fingerprint density at radius 1 is 1.10 bits per heavy atom. The minimum Gasteiger partial charge on any atom is -0.336 e. The van der Waals surface area contributed by atoms with Crippen molar-refractivity contribution in [1.29, 1.82) is 0 Å². The maximum Gasteiger partial charge on any atom is 0.255 e. The van der Waals surface area contributed by atoms with Crippen LogP contribution in [0.25, 0.3) is 0 Å². The molecule has 0 N–H and O–H groups in total. The normalized spacial score (nSPS) is 15.4. The number of halogens is 3. The van der Waals surface area contributed by atoms with Gasteiger partial charge in [-0.3, -0.25) is 9.48 Å². The number of rotatable bonds is 6. The minimum atomic E-state index is -3.82. The van der Waals surface area contributed by atoms with Crippen molar-refractivity contribution in [3.05, 3.63) is 44.7 Å². The summed E-state index contributed by atoms with van der Waals surface area (Å²) < 4.78 is 29.2. The van der Waals surface area contributed by atoms with Crippen LogP contribution in [0.1, 0.15) is 42.2 Å². The fourth-order valence-electron chi connectivity index (χ4n) is 3.34. The minimum absolute atomic E-state index is 0.00508. The molecular weight excluding hydrogens is 471 g/mol. The summed E-state index contributed by atoms with van der Waals surface area (Å²) in [6.45, 7) is 3.60. The van der Waals surface area contributed by atoms with Crippen molar-refractivity contribution in [3.63, 3.8) is 0 Å². The topological polar surface area (TPSA) is 75.5 Å². The molecule has 30 heavy (non-hydrogen) atoms. The molecule has 0 saturated carbocycles. The van der Waals surface area contributed by atoms with E-state index in [9.17, 15) is 13.2 Å². The summed E-state index contributed by atoms with van der Waals surface area (Å²) in [5.41, 5.74) is 0.603. The molecule has 0 spiro atoms. The zero-order chi connectivity index (χ0) is 22.1. The summed E-state index contributed by atoms with van der Waals surface area (Å²) in [6.07, 6.45) is 4.27. The number of piperidine rings is 1. The standard InChI is InChI=1S/C19H23Cl3N4O3S/c1-3-25-11-16(22)17(23-25)12-24(2)19(27)13-9-18(15(21)10-14(13)20)30(28,29)26-7-5-4-6-8-26/h9-11H,3-8,12H2,1-2H3. The lowest BCUT2D eigenvalue weighted by Gasteiger charge is -2.26. The van der Waals surface area contributed by atoms with Crippen LogP contribution >= 0.6 is 34.8 Å². The van der Waals surface area contributed by atoms with Crippen molar-refractivity contribution in [3.8, 4) is 0 Å². The van der Waals surface area contributed by atoms with Gasteiger partial charge in [-0.15, -0.1) is 0 Å². The largest absolute Gasteiger partial charge is 0.336 e. The number of carbonyl (C=O) groups excluding carboxylic acids is 1. The Morgan fingerprint density at radius 2 is 1.77 bits per heavy atom. The summed E-state index contributed by atoms with van der Waals surface area (Å²) in [5, 5.41) is 4.86.